The van der Waals surface area contributed by atoms with Crippen molar-refractivity contribution in [2.24, 2.45) is 5.92 Å². The van der Waals surface area contributed by atoms with Crippen molar-refractivity contribution < 1.29 is 13.2 Å². The molecule has 140 valence electrons. The molecule has 0 heterocycles. The van der Waals surface area contributed by atoms with Crippen molar-refractivity contribution in [3.8, 4) is 0 Å². The summed E-state index contributed by atoms with van der Waals surface area (Å²) in [6.45, 7) is 2.20. The third-order valence-corrected chi connectivity index (χ3v) is 6.68. The molecule has 0 N–H and O–H groups in total. The summed E-state index contributed by atoms with van der Waals surface area (Å²) in [7, 11) is 0. The molecule has 0 atom stereocenters. The molecule has 2 fully saturated rings. The molecule has 2 saturated carbocycles. The molecular formula is C23H27F3. The summed E-state index contributed by atoms with van der Waals surface area (Å²) in [5, 5.41) is 0.341. The van der Waals surface area contributed by atoms with Crippen LogP contribution in [0.3, 0.4) is 0 Å². The van der Waals surface area contributed by atoms with Gasteiger partial charge in [-0.3, -0.25) is 0 Å². The molecule has 2 aromatic carbocycles. The first-order valence-corrected chi connectivity index (χ1v) is 10.2. The molecular weight excluding hydrogens is 333 g/mol. The van der Waals surface area contributed by atoms with Crippen molar-refractivity contribution >= 4 is 10.8 Å². The van der Waals surface area contributed by atoms with Crippen LogP contribution in [-0.4, -0.2) is 0 Å². The van der Waals surface area contributed by atoms with E-state index in [4.69, 9.17) is 0 Å². The van der Waals surface area contributed by atoms with Gasteiger partial charge < -0.3 is 0 Å². The van der Waals surface area contributed by atoms with Gasteiger partial charge in [-0.2, -0.15) is 0 Å². The molecule has 2 aromatic rings. The summed E-state index contributed by atoms with van der Waals surface area (Å²) in [6.07, 6.45) is 9.05. The highest BCUT2D eigenvalue weighted by Gasteiger charge is 2.27. The molecule has 0 saturated heterocycles. The topological polar surface area (TPSA) is 0 Å². The SMILES string of the molecule is CC1CCC(c2cc3ccc(C4CCCCC4)c(F)c3c(F)c2F)CC1. The largest absolute Gasteiger partial charge is 0.206 e. The molecule has 0 amide bonds. The number of hydrogen-bond donors (Lipinski definition) is 0. The zero-order valence-electron chi connectivity index (χ0n) is 15.5. The minimum Gasteiger partial charge on any atom is -0.206 e. The summed E-state index contributed by atoms with van der Waals surface area (Å²) in [4.78, 5) is 0. The zero-order valence-corrected chi connectivity index (χ0v) is 15.5. The summed E-state index contributed by atoms with van der Waals surface area (Å²) >= 11 is 0. The van der Waals surface area contributed by atoms with E-state index in [2.05, 4.69) is 6.92 Å². The van der Waals surface area contributed by atoms with Crippen molar-refractivity contribution in [3.63, 3.8) is 0 Å². The fraction of sp³-hybridized carbons (Fsp3) is 0.565. The van der Waals surface area contributed by atoms with E-state index in [1.807, 2.05) is 0 Å². The number of fused-ring (bicyclic) bond motifs is 1. The second kappa shape index (κ2) is 7.25. The molecule has 3 heteroatoms. The summed E-state index contributed by atoms with van der Waals surface area (Å²) in [5.74, 6) is -1.55. The first-order valence-electron chi connectivity index (χ1n) is 10.2. The highest BCUT2D eigenvalue weighted by atomic mass is 19.2. The third-order valence-electron chi connectivity index (χ3n) is 6.68. The van der Waals surface area contributed by atoms with Crippen LogP contribution in [0.5, 0.6) is 0 Å². The molecule has 0 bridgehead atoms. The van der Waals surface area contributed by atoms with Gasteiger partial charge in [0.1, 0.15) is 5.82 Å². The van der Waals surface area contributed by atoms with Crippen LogP contribution in [0.1, 0.15) is 87.7 Å². The number of benzene rings is 2. The van der Waals surface area contributed by atoms with E-state index in [1.54, 1.807) is 18.2 Å². The van der Waals surface area contributed by atoms with Gasteiger partial charge in [0, 0.05) is 0 Å². The zero-order chi connectivity index (χ0) is 18.3. The molecule has 0 unspecified atom stereocenters. The standard InChI is InChI=1S/C23H27F3/c1-14-7-9-16(10-8-14)19-13-17-11-12-18(15-5-3-2-4-6-15)21(24)20(17)23(26)22(19)25/h11-16H,2-10H2,1H3. The van der Waals surface area contributed by atoms with Crippen LogP contribution >= 0.6 is 0 Å². The van der Waals surface area contributed by atoms with Crippen LogP contribution in [0.25, 0.3) is 10.8 Å². The maximum Gasteiger partial charge on any atom is 0.169 e. The van der Waals surface area contributed by atoms with Crippen LogP contribution in [0, 0.1) is 23.4 Å². The van der Waals surface area contributed by atoms with Gasteiger partial charge in [0.25, 0.3) is 0 Å². The monoisotopic (exact) mass is 360 g/mol. The first kappa shape index (κ1) is 17.9. The van der Waals surface area contributed by atoms with Gasteiger partial charge in [-0.1, -0.05) is 51.2 Å². The Bertz CT molecular complexity index is 797. The van der Waals surface area contributed by atoms with Gasteiger partial charge in [0.15, 0.2) is 11.6 Å². The van der Waals surface area contributed by atoms with E-state index in [9.17, 15) is 8.78 Å². The first-order chi connectivity index (χ1) is 12.6. The highest BCUT2D eigenvalue weighted by molar-refractivity contribution is 5.85. The van der Waals surface area contributed by atoms with E-state index in [0.717, 1.165) is 51.4 Å². The van der Waals surface area contributed by atoms with E-state index >= 15 is 4.39 Å². The second-order valence-electron chi connectivity index (χ2n) is 8.45. The van der Waals surface area contributed by atoms with Gasteiger partial charge in [-0.15, -0.1) is 0 Å². The van der Waals surface area contributed by atoms with Gasteiger partial charge in [-0.05, 0) is 66.0 Å². The van der Waals surface area contributed by atoms with Crippen molar-refractivity contribution in [2.75, 3.05) is 0 Å². The lowest BCUT2D eigenvalue weighted by Crippen LogP contribution is -2.13. The highest BCUT2D eigenvalue weighted by Crippen LogP contribution is 2.41. The van der Waals surface area contributed by atoms with Crippen LogP contribution in [0.4, 0.5) is 13.2 Å². The minimum absolute atomic E-state index is 0.0474. The molecule has 0 spiro atoms. The molecule has 0 aromatic heterocycles. The Labute approximate surface area is 153 Å². The van der Waals surface area contributed by atoms with E-state index in [0.29, 0.717) is 22.4 Å². The van der Waals surface area contributed by atoms with E-state index in [1.165, 1.54) is 6.42 Å². The average molecular weight is 360 g/mol. The fourth-order valence-electron chi connectivity index (χ4n) is 5.01. The van der Waals surface area contributed by atoms with Crippen molar-refractivity contribution in [1.29, 1.82) is 0 Å². The minimum atomic E-state index is -0.994. The maximum atomic E-state index is 15.1. The summed E-state index contributed by atoms with van der Waals surface area (Å²) in [6, 6.07) is 5.29. The maximum absolute atomic E-state index is 15.1. The Hall–Kier alpha value is -1.51. The lowest BCUT2D eigenvalue weighted by atomic mass is 9.78. The predicted molar refractivity (Wildman–Crippen MR) is 100 cm³/mol. The third kappa shape index (κ3) is 3.14. The number of hydrogen-bond acceptors (Lipinski definition) is 0. The van der Waals surface area contributed by atoms with Gasteiger partial charge in [0.2, 0.25) is 0 Å². The Morgan fingerprint density at radius 1 is 0.692 bits per heavy atom. The summed E-state index contributed by atoms with van der Waals surface area (Å²) < 4.78 is 44.8. The van der Waals surface area contributed by atoms with Gasteiger partial charge in [-0.25, -0.2) is 13.2 Å². The Kier molecular flexibility index (Phi) is 4.98. The van der Waals surface area contributed by atoms with Crippen LogP contribution < -0.4 is 0 Å². The quantitative estimate of drug-likeness (QED) is 0.517. The van der Waals surface area contributed by atoms with E-state index < -0.39 is 17.5 Å². The Balaban J connectivity index is 1.76. The number of rotatable bonds is 2. The summed E-state index contributed by atoms with van der Waals surface area (Å²) in [5.41, 5.74) is 1.00. The Morgan fingerprint density at radius 2 is 1.35 bits per heavy atom. The van der Waals surface area contributed by atoms with Crippen molar-refractivity contribution in [3.05, 3.63) is 46.8 Å². The normalized spacial score (nSPS) is 24.9. The van der Waals surface area contributed by atoms with Crippen LogP contribution in [0.15, 0.2) is 18.2 Å². The van der Waals surface area contributed by atoms with Gasteiger partial charge in [0.05, 0.1) is 5.39 Å². The molecule has 2 aliphatic rings. The molecule has 2 aliphatic carbocycles. The molecule has 0 radical (unpaired) electrons. The van der Waals surface area contributed by atoms with Crippen LogP contribution in [0.2, 0.25) is 0 Å². The molecule has 0 aliphatic heterocycles. The number of halogens is 3. The lowest BCUT2D eigenvalue weighted by molar-refractivity contribution is 0.339. The van der Waals surface area contributed by atoms with Crippen LogP contribution in [-0.2, 0) is 0 Å². The van der Waals surface area contributed by atoms with Crippen molar-refractivity contribution in [1.82, 2.24) is 0 Å². The van der Waals surface area contributed by atoms with Gasteiger partial charge >= 0.3 is 0 Å². The predicted octanol–water partition coefficient (Wildman–Crippen LogP) is 7.60. The average Bonchev–Trinajstić information content (AvgIpc) is 2.66. The van der Waals surface area contributed by atoms with Crippen molar-refractivity contribution in [2.45, 2.75) is 76.5 Å². The fourth-order valence-corrected chi connectivity index (χ4v) is 5.01. The lowest BCUT2D eigenvalue weighted by Gasteiger charge is -2.27. The molecule has 26 heavy (non-hydrogen) atoms. The molecule has 0 nitrogen and oxygen atoms in total. The second-order valence-corrected chi connectivity index (χ2v) is 8.45. The smallest absolute Gasteiger partial charge is 0.169 e. The Morgan fingerprint density at radius 3 is 2.04 bits per heavy atom. The van der Waals surface area contributed by atoms with E-state index in [-0.39, 0.29) is 17.2 Å². The molecule has 4 rings (SSSR count).